The summed E-state index contributed by atoms with van der Waals surface area (Å²) < 4.78 is 51.5. The lowest BCUT2D eigenvalue weighted by atomic mass is 10.1. The van der Waals surface area contributed by atoms with Crippen molar-refractivity contribution in [3.05, 3.63) is 71.8 Å². The highest BCUT2D eigenvalue weighted by Crippen LogP contribution is 2.38. The van der Waals surface area contributed by atoms with Crippen molar-refractivity contribution in [2.45, 2.75) is 64.1 Å². The van der Waals surface area contributed by atoms with Gasteiger partial charge in [0.2, 0.25) is 11.8 Å². The van der Waals surface area contributed by atoms with Crippen LogP contribution in [-0.4, -0.2) is 72.2 Å². The first-order valence-corrected chi connectivity index (χ1v) is 16.5. The van der Waals surface area contributed by atoms with E-state index in [9.17, 15) is 18.0 Å². The first-order chi connectivity index (χ1) is 21.9. The standard InChI is InChI=1S/C34H45N3O8S/c1-9-24(4)35-34(39)28(10-2)36(21-25-13-11-23(3)12-14-25)33(38)22-37(29-19-26(42-5)15-17-30(29)43-6)46(40,41)27-16-18-31(44-7)32(20-27)45-8/h11-20,24,28H,9-10,21-22H2,1-8H3,(H,35,39)/t24-,28+/m1/s1. The van der Waals surface area contributed by atoms with E-state index in [2.05, 4.69) is 5.32 Å². The molecule has 11 nitrogen and oxygen atoms in total. The summed E-state index contributed by atoms with van der Waals surface area (Å²) in [6.45, 7) is 7.08. The second-order valence-corrected chi connectivity index (χ2v) is 12.7. The molecule has 0 radical (unpaired) electrons. The van der Waals surface area contributed by atoms with Gasteiger partial charge in [0.05, 0.1) is 39.0 Å². The van der Waals surface area contributed by atoms with Crippen LogP contribution >= 0.6 is 0 Å². The molecule has 3 rings (SSSR count). The van der Waals surface area contributed by atoms with Crippen LogP contribution in [0.3, 0.4) is 0 Å². The van der Waals surface area contributed by atoms with E-state index in [0.717, 1.165) is 15.4 Å². The van der Waals surface area contributed by atoms with Crippen LogP contribution in [0, 0.1) is 6.92 Å². The quantitative estimate of drug-likeness (QED) is 0.230. The Morgan fingerprint density at radius 2 is 1.43 bits per heavy atom. The lowest BCUT2D eigenvalue weighted by Gasteiger charge is -2.34. The molecular formula is C34H45N3O8S. The Bertz CT molecular complexity index is 1590. The van der Waals surface area contributed by atoms with E-state index in [-0.39, 0.29) is 40.6 Å². The van der Waals surface area contributed by atoms with E-state index < -0.39 is 28.5 Å². The molecule has 0 aliphatic heterocycles. The minimum absolute atomic E-state index is 0.0809. The molecule has 0 aliphatic rings. The van der Waals surface area contributed by atoms with Crippen LogP contribution in [0.4, 0.5) is 5.69 Å². The number of ether oxygens (including phenoxy) is 4. The van der Waals surface area contributed by atoms with Gasteiger partial charge in [-0.05, 0) is 56.5 Å². The molecule has 3 aromatic carbocycles. The van der Waals surface area contributed by atoms with E-state index >= 15 is 0 Å². The zero-order chi connectivity index (χ0) is 34.0. The van der Waals surface area contributed by atoms with Crippen LogP contribution in [0.25, 0.3) is 0 Å². The zero-order valence-electron chi connectivity index (χ0n) is 27.8. The number of nitrogens with zero attached hydrogens (tertiary/aromatic N) is 2. The van der Waals surface area contributed by atoms with Crippen LogP contribution in [0.2, 0.25) is 0 Å². The van der Waals surface area contributed by atoms with Crippen LogP contribution in [0.15, 0.2) is 65.6 Å². The molecule has 0 saturated heterocycles. The molecule has 46 heavy (non-hydrogen) atoms. The third kappa shape index (κ3) is 8.42. The summed E-state index contributed by atoms with van der Waals surface area (Å²) >= 11 is 0. The van der Waals surface area contributed by atoms with Gasteiger partial charge in [0.15, 0.2) is 11.5 Å². The average molecular weight is 656 g/mol. The summed E-state index contributed by atoms with van der Waals surface area (Å²) in [5, 5.41) is 2.98. The predicted molar refractivity (Wildman–Crippen MR) is 177 cm³/mol. The van der Waals surface area contributed by atoms with Crippen molar-refractivity contribution >= 4 is 27.5 Å². The molecule has 0 heterocycles. The van der Waals surface area contributed by atoms with Crippen molar-refractivity contribution in [2.24, 2.45) is 0 Å². The lowest BCUT2D eigenvalue weighted by molar-refractivity contribution is -0.140. The largest absolute Gasteiger partial charge is 0.497 e. The molecule has 0 aromatic heterocycles. The number of sulfonamides is 1. The summed E-state index contributed by atoms with van der Waals surface area (Å²) in [5.74, 6) is 0.189. The second kappa shape index (κ2) is 16.2. The number of methoxy groups -OCH3 is 4. The number of rotatable bonds is 16. The van der Waals surface area contributed by atoms with Crippen LogP contribution in [0.1, 0.15) is 44.7 Å². The minimum Gasteiger partial charge on any atom is -0.497 e. The van der Waals surface area contributed by atoms with E-state index in [0.29, 0.717) is 24.3 Å². The monoisotopic (exact) mass is 655 g/mol. The van der Waals surface area contributed by atoms with E-state index in [1.54, 1.807) is 12.1 Å². The van der Waals surface area contributed by atoms with Gasteiger partial charge < -0.3 is 29.2 Å². The highest BCUT2D eigenvalue weighted by atomic mass is 32.2. The van der Waals surface area contributed by atoms with Gasteiger partial charge in [-0.3, -0.25) is 13.9 Å². The molecule has 12 heteroatoms. The van der Waals surface area contributed by atoms with Crippen molar-refractivity contribution in [2.75, 3.05) is 39.3 Å². The molecule has 0 bridgehead atoms. The number of carbonyl (C=O) groups excluding carboxylic acids is 2. The summed E-state index contributed by atoms with van der Waals surface area (Å²) in [5.41, 5.74) is 1.92. The molecule has 2 atom stereocenters. The van der Waals surface area contributed by atoms with Gasteiger partial charge in [0.1, 0.15) is 24.1 Å². The average Bonchev–Trinajstić information content (AvgIpc) is 3.06. The molecule has 1 N–H and O–H groups in total. The maximum Gasteiger partial charge on any atom is 0.265 e. The minimum atomic E-state index is -4.44. The van der Waals surface area contributed by atoms with Gasteiger partial charge in [-0.2, -0.15) is 0 Å². The maximum absolute atomic E-state index is 14.5. The number of aryl methyl sites for hydroxylation is 1. The Balaban J connectivity index is 2.19. The SMILES string of the molecule is CC[C@@H](C)NC(=O)[C@H](CC)N(Cc1ccc(C)cc1)C(=O)CN(c1cc(OC)ccc1OC)S(=O)(=O)c1ccc(OC)c(OC)c1. The number of nitrogens with one attached hydrogen (secondary N) is 1. The van der Waals surface area contributed by atoms with Gasteiger partial charge in [-0.15, -0.1) is 0 Å². The highest BCUT2D eigenvalue weighted by Gasteiger charge is 2.35. The lowest BCUT2D eigenvalue weighted by Crippen LogP contribution is -2.53. The van der Waals surface area contributed by atoms with Crippen molar-refractivity contribution in [3.63, 3.8) is 0 Å². The third-order valence-electron chi connectivity index (χ3n) is 7.74. The number of amides is 2. The molecular weight excluding hydrogens is 610 g/mol. The molecule has 0 spiro atoms. The molecule has 0 unspecified atom stereocenters. The van der Waals surface area contributed by atoms with Gasteiger partial charge >= 0.3 is 0 Å². The zero-order valence-corrected chi connectivity index (χ0v) is 28.6. The number of hydrogen-bond donors (Lipinski definition) is 1. The molecule has 0 aliphatic carbocycles. The van der Waals surface area contributed by atoms with Crippen molar-refractivity contribution in [3.8, 4) is 23.0 Å². The van der Waals surface area contributed by atoms with Crippen LogP contribution in [0.5, 0.6) is 23.0 Å². The van der Waals surface area contributed by atoms with E-state index in [1.807, 2.05) is 52.0 Å². The Labute approximate surface area is 272 Å². The van der Waals surface area contributed by atoms with E-state index in [1.165, 1.54) is 57.6 Å². The van der Waals surface area contributed by atoms with Crippen LogP contribution in [-0.2, 0) is 26.2 Å². The summed E-state index contributed by atoms with van der Waals surface area (Å²) in [7, 11) is 1.27. The molecule has 3 aromatic rings. The summed E-state index contributed by atoms with van der Waals surface area (Å²) in [6, 6.07) is 15.5. The fourth-order valence-electron chi connectivity index (χ4n) is 4.86. The summed E-state index contributed by atoms with van der Waals surface area (Å²) in [4.78, 5) is 29.3. The fraction of sp³-hybridized carbons (Fsp3) is 0.412. The number of carbonyl (C=O) groups is 2. The van der Waals surface area contributed by atoms with Crippen molar-refractivity contribution in [1.82, 2.24) is 10.2 Å². The summed E-state index contributed by atoms with van der Waals surface area (Å²) in [6.07, 6.45) is 1.02. The smallest absolute Gasteiger partial charge is 0.265 e. The molecule has 0 saturated carbocycles. The normalized spacial score (nSPS) is 12.4. The Hall–Kier alpha value is -4.45. The van der Waals surface area contributed by atoms with Crippen molar-refractivity contribution < 1.29 is 37.0 Å². The Kier molecular flexibility index (Phi) is 12.7. The van der Waals surface area contributed by atoms with Crippen LogP contribution < -0.4 is 28.6 Å². The van der Waals surface area contributed by atoms with Gasteiger partial charge in [-0.1, -0.05) is 43.7 Å². The number of hydrogen-bond acceptors (Lipinski definition) is 8. The first-order valence-electron chi connectivity index (χ1n) is 15.1. The molecule has 2 amide bonds. The Morgan fingerprint density at radius 1 is 0.804 bits per heavy atom. The third-order valence-corrected chi connectivity index (χ3v) is 9.49. The van der Waals surface area contributed by atoms with E-state index in [4.69, 9.17) is 18.9 Å². The number of anilines is 1. The van der Waals surface area contributed by atoms with Gasteiger partial charge in [0.25, 0.3) is 10.0 Å². The topological polar surface area (TPSA) is 124 Å². The van der Waals surface area contributed by atoms with Gasteiger partial charge in [-0.25, -0.2) is 8.42 Å². The second-order valence-electron chi connectivity index (χ2n) is 10.8. The van der Waals surface area contributed by atoms with Crippen molar-refractivity contribution in [1.29, 1.82) is 0 Å². The van der Waals surface area contributed by atoms with Gasteiger partial charge in [0, 0.05) is 24.7 Å². The predicted octanol–water partition coefficient (Wildman–Crippen LogP) is 4.95. The molecule has 0 fully saturated rings. The fourth-order valence-corrected chi connectivity index (χ4v) is 6.29. The maximum atomic E-state index is 14.5. The first kappa shape index (κ1) is 36.0. The molecule has 250 valence electrons. The Morgan fingerprint density at radius 3 is 2.00 bits per heavy atom. The number of benzene rings is 3. The highest BCUT2D eigenvalue weighted by molar-refractivity contribution is 7.92.